The van der Waals surface area contributed by atoms with E-state index in [4.69, 9.17) is 5.73 Å². The van der Waals surface area contributed by atoms with Crippen molar-refractivity contribution in [3.8, 4) is 0 Å². The largest absolute Gasteiger partial charge is 0.327 e. The maximum atomic E-state index is 12.7. The topological polar surface area (TPSA) is 92.5 Å². The molecule has 0 radical (unpaired) electrons. The van der Waals surface area contributed by atoms with Crippen LogP contribution in [0.1, 0.15) is 40.0 Å². The molecule has 112 valence electrons. The molecule has 6 nitrogen and oxygen atoms in total. The predicted octanol–water partition coefficient (Wildman–Crippen LogP) is 0.0135. The Kier molecular flexibility index (Phi) is 3.86. The molecule has 6 heteroatoms. The maximum absolute atomic E-state index is 12.7. The zero-order chi connectivity index (χ0) is 15.1. The monoisotopic (exact) mass is 281 g/mol. The van der Waals surface area contributed by atoms with E-state index >= 15 is 0 Å². The normalized spacial score (nSPS) is 33.8. The maximum Gasteiger partial charge on any atom is 0.252 e. The van der Waals surface area contributed by atoms with E-state index in [-0.39, 0.29) is 30.3 Å². The molecule has 0 aromatic carbocycles. The number of piperazine rings is 1. The van der Waals surface area contributed by atoms with E-state index in [9.17, 15) is 14.4 Å². The standard InChI is InChI=1S/C14H23N3O3/c1-8-6-9(4-5-10(8)15)12(19)17-7-11(18)16-13(20)14(17,2)3/h8-10H,4-7,15H2,1-3H3,(H,16,18,20). The Morgan fingerprint density at radius 2 is 2.00 bits per heavy atom. The number of nitrogens with one attached hydrogen (secondary N) is 1. The van der Waals surface area contributed by atoms with Gasteiger partial charge in [0.05, 0.1) is 0 Å². The van der Waals surface area contributed by atoms with Gasteiger partial charge in [-0.15, -0.1) is 0 Å². The summed E-state index contributed by atoms with van der Waals surface area (Å²) in [6, 6.07) is 0.137. The summed E-state index contributed by atoms with van der Waals surface area (Å²) in [5, 5.41) is 2.28. The minimum absolute atomic E-state index is 0.0471. The van der Waals surface area contributed by atoms with Gasteiger partial charge in [-0.2, -0.15) is 0 Å². The van der Waals surface area contributed by atoms with Crippen LogP contribution in [0.5, 0.6) is 0 Å². The van der Waals surface area contributed by atoms with Crippen molar-refractivity contribution in [3.05, 3.63) is 0 Å². The van der Waals surface area contributed by atoms with Gasteiger partial charge < -0.3 is 10.6 Å². The van der Waals surface area contributed by atoms with E-state index in [1.54, 1.807) is 13.8 Å². The number of imide groups is 1. The number of rotatable bonds is 1. The van der Waals surface area contributed by atoms with Gasteiger partial charge in [0, 0.05) is 12.0 Å². The summed E-state index contributed by atoms with van der Waals surface area (Å²) in [7, 11) is 0. The highest BCUT2D eigenvalue weighted by molar-refractivity contribution is 6.06. The molecule has 3 unspecified atom stereocenters. The minimum Gasteiger partial charge on any atom is -0.327 e. The number of hydrogen-bond donors (Lipinski definition) is 2. The third-order valence-corrected chi connectivity index (χ3v) is 4.64. The van der Waals surface area contributed by atoms with Crippen LogP contribution in [0.15, 0.2) is 0 Å². The van der Waals surface area contributed by atoms with Gasteiger partial charge in [0.25, 0.3) is 5.91 Å². The quantitative estimate of drug-likeness (QED) is 0.662. The first-order valence-corrected chi connectivity index (χ1v) is 7.15. The number of amides is 3. The summed E-state index contributed by atoms with van der Waals surface area (Å²) < 4.78 is 0. The molecule has 0 aromatic heterocycles. The summed E-state index contributed by atoms with van der Waals surface area (Å²) >= 11 is 0. The molecule has 0 bridgehead atoms. The molecule has 1 saturated heterocycles. The lowest BCUT2D eigenvalue weighted by Gasteiger charge is -2.43. The van der Waals surface area contributed by atoms with Crippen LogP contribution in [-0.4, -0.2) is 40.7 Å². The third-order valence-electron chi connectivity index (χ3n) is 4.64. The Bertz CT molecular complexity index is 447. The fraction of sp³-hybridized carbons (Fsp3) is 0.786. The molecule has 20 heavy (non-hydrogen) atoms. The van der Waals surface area contributed by atoms with Gasteiger partial charge in [0.15, 0.2) is 0 Å². The van der Waals surface area contributed by atoms with Crippen molar-refractivity contribution in [2.45, 2.75) is 51.6 Å². The first-order valence-electron chi connectivity index (χ1n) is 7.15. The highest BCUT2D eigenvalue weighted by atomic mass is 16.2. The zero-order valence-electron chi connectivity index (χ0n) is 12.3. The van der Waals surface area contributed by atoms with Gasteiger partial charge in [-0.05, 0) is 39.0 Å². The number of nitrogens with two attached hydrogens (primary N) is 1. The zero-order valence-corrected chi connectivity index (χ0v) is 12.3. The summed E-state index contributed by atoms with van der Waals surface area (Å²) in [6.45, 7) is 5.34. The second-order valence-corrected chi connectivity index (χ2v) is 6.51. The Morgan fingerprint density at radius 3 is 2.60 bits per heavy atom. The number of hydrogen-bond acceptors (Lipinski definition) is 4. The van der Waals surface area contributed by atoms with E-state index in [1.165, 1.54) is 4.90 Å². The van der Waals surface area contributed by atoms with E-state index < -0.39 is 17.4 Å². The van der Waals surface area contributed by atoms with Gasteiger partial charge in [-0.3, -0.25) is 19.7 Å². The van der Waals surface area contributed by atoms with E-state index in [0.717, 1.165) is 19.3 Å². The van der Waals surface area contributed by atoms with Gasteiger partial charge in [-0.25, -0.2) is 0 Å². The second-order valence-electron chi connectivity index (χ2n) is 6.51. The average Bonchev–Trinajstić information content (AvgIpc) is 2.36. The summed E-state index contributed by atoms with van der Waals surface area (Å²) in [5.74, 6) is -0.777. The third kappa shape index (κ3) is 2.57. The Balaban J connectivity index is 2.15. The molecule has 1 aliphatic carbocycles. The molecular formula is C14H23N3O3. The molecule has 2 fully saturated rings. The fourth-order valence-electron chi connectivity index (χ4n) is 3.00. The number of nitrogens with zero attached hydrogens (tertiary/aromatic N) is 1. The molecular weight excluding hydrogens is 258 g/mol. The van der Waals surface area contributed by atoms with Crippen molar-refractivity contribution in [2.75, 3.05) is 6.54 Å². The Labute approximate surface area is 119 Å². The fourth-order valence-corrected chi connectivity index (χ4v) is 3.00. The summed E-state index contributed by atoms with van der Waals surface area (Å²) in [5.41, 5.74) is 4.99. The second kappa shape index (κ2) is 5.16. The lowest BCUT2D eigenvalue weighted by atomic mass is 9.78. The molecule has 0 spiro atoms. The van der Waals surface area contributed by atoms with Crippen LogP contribution in [0.25, 0.3) is 0 Å². The Morgan fingerprint density at radius 1 is 1.35 bits per heavy atom. The minimum atomic E-state index is -0.978. The van der Waals surface area contributed by atoms with Gasteiger partial charge >= 0.3 is 0 Å². The predicted molar refractivity (Wildman–Crippen MR) is 73.4 cm³/mol. The molecule has 2 aliphatic rings. The number of carbonyl (C=O) groups excluding carboxylic acids is 3. The van der Waals surface area contributed by atoms with Gasteiger partial charge in [0.2, 0.25) is 11.8 Å². The van der Waals surface area contributed by atoms with Crippen molar-refractivity contribution >= 4 is 17.7 Å². The van der Waals surface area contributed by atoms with E-state index in [0.29, 0.717) is 0 Å². The van der Waals surface area contributed by atoms with Crippen LogP contribution in [0.3, 0.4) is 0 Å². The van der Waals surface area contributed by atoms with Crippen LogP contribution < -0.4 is 11.1 Å². The summed E-state index contributed by atoms with van der Waals surface area (Å²) in [4.78, 5) is 37.5. The molecule has 0 aromatic rings. The van der Waals surface area contributed by atoms with Crippen LogP contribution in [0, 0.1) is 11.8 Å². The van der Waals surface area contributed by atoms with Crippen molar-refractivity contribution in [3.63, 3.8) is 0 Å². The highest BCUT2D eigenvalue weighted by Gasteiger charge is 2.45. The first-order chi connectivity index (χ1) is 9.23. The van der Waals surface area contributed by atoms with Crippen molar-refractivity contribution in [1.82, 2.24) is 10.2 Å². The SMILES string of the molecule is CC1CC(C(=O)N2CC(=O)NC(=O)C2(C)C)CCC1N. The van der Waals surface area contributed by atoms with Crippen molar-refractivity contribution in [2.24, 2.45) is 17.6 Å². The average molecular weight is 281 g/mol. The molecule has 3 atom stereocenters. The van der Waals surface area contributed by atoms with Crippen LogP contribution >= 0.6 is 0 Å². The smallest absolute Gasteiger partial charge is 0.252 e. The van der Waals surface area contributed by atoms with Gasteiger partial charge in [0.1, 0.15) is 12.1 Å². The molecule has 2 rings (SSSR count). The van der Waals surface area contributed by atoms with Crippen molar-refractivity contribution in [1.29, 1.82) is 0 Å². The van der Waals surface area contributed by atoms with Crippen LogP contribution in [0.4, 0.5) is 0 Å². The lowest BCUT2D eigenvalue weighted by molar-refractivity contribution is -0.158. The summed E-state index contributed by atoms with van der Waals surface area (Å²) in [6.07, 6.45) is 2.26. The van der Waals surface area contributed by atoms with E-state index in [2.05, 4.69) is 5.32 Å². The lowest BCUT2D eigenvalue weighted by Crippen LogP contribution is -2.66. The molecule has 3 amide bonds. The van der Waals surface area contributed by atoms with Crippen molar-refractivity contribution < 1.29 is 14.4 Å². The molecule has 1 heterocycles. The van der Waals surface area contributed by atoms with Gasteiger partial charge in [-0.1, -0.05) is 6.92 Å². The number of carbonyl (C=O) groups is 3. The molecule has 3 N–H and O–H groups in total. The van der Waals surface area contributed by atoms with Crippen LogP contribution in [0.2, 0.25) is 0 Å². The van der Waals surface area contributed by atoms with Crippen LogP contribution in [-0.2, 0) is 14.4 Å². The molecule has 1 saturated carbocycles. The molecule has 1 aliphatic heterocycles. The van der Waals surface area contributed by atoms with E-state index in [1.807, 2.05) is 6.92 Å². The Hall–Kier alpha value is -1.43. The first kappa shape index (κ1) is 15.0. The highest BCUT2D eigenvalue weighted by Crippen LogP contribution is 2.31.